The topological polar surface area (TPSA) is 55.6 Å². The molecule has 1 aliphatic heterocycles. The fraction of sp³-hybridized carbons (Fsp3) is 0.857. The maximum atomic E-state index is 8.00. The molecule has 11 heavy (non-hydrogen) atoms. The minimum Gasteiger partial charge on any atom is -0.379 e. The summed E-state index contributed by atoms with van der Waals surface area (Å²) in [5.74, 6) is 0. The van der Waals surface area contributed by atoms with Crippen LogP contribution in [0.3, 0.4) is 0 Å². The van der Waals surface area contributed by atoms with Gasteiger partial charge in [0.1, 0.15) is 6.79 Å². The Kier molecular flexibility index (Phi) is 7.34. The van der Waals surface area contributed by atoms with Crippen LogP contribution in [-0.4, -0.2) is 51.1 Å². The highest BCUT2D eigenvalue weighted by Gasteiger charge is 2.07. The first-order valence-corrected chi connectivity index (χ1v) is 3.72. The van der Waals surface area contributed by atoms with Crippen LogP contribution in [-0.2, 0) is 9.53 Å². The van der Waals surface area contributed by atoms with E-state index in [1.165, 1.54) is 0 Å². The molecule has 0 spiro atoms. The van der Waals surface area contributed by atoms with E-state index < -0.39 is 0 Å². The fourth-order valence-electron chi connectivity index (χ4n) is 1.01. The second-order valence-electron chi connectivity index (χ2n) is 2.24. The van der Waals surface area contributed by atoms with Gasteiger partial charge >= 0.3 is 0 Å². The van der Waals surface area contributed by atoms with Crippen molar-refractivity contribution in [3.63, 3.8) is 0 Å². The van der Waals surface area contributed by atoms with E-state index in [2.05, 4.69) is 4.90 Å². The number of nitrogens with zero attached hydrogens (tertiary/aromatic N) is 1. The van der Waals surface area contributed by atoms with Gasteiger partial charge in [-0.2, -0.15) is 0 Å². The number of rotatable bonds is 2. The molecule has 0 saturated carbocycles. The van der Waals surface area contributed by atoms with E-state index in [-0.39, 0.29) is 0 Å². The number of nitrogens with two attached hydrogens (primary N) is 1. The Morgan fingerprint density at radius 2 is 1.91 bits per heavy atom. The first-order valence-electron chi connectivity index (χ1n) is 3.72. The van der Waals surface area contributed by atoms with E-state index in [0.717, 1.165) is 39.4 Å². The van der Waals surface area contributed by atoms with E-state index >= 15 is 0 Å². The molecule has 2 N–H and O–H groups in total. The van der Waals surface area contributed by atoms with Gasteiger partial charge in [0.15, 0.2) is 0 Å². The highest BCUT2D eigenvalue weighted by atomic mass is 16.5. The Morgan fingerprint density at radius 3 is 2.36 bits per heavy atom. The van der Waals surface area contributed by atoms with Crippen LogP contribution in [0.1, 0.15) is 0 Å². The molecule has 0 aromatic rings. The lowest BCUT2D eigenvalue weighted by Crippen LogP contribution is -2.39. The lowest BCUT2D eigenvalue weighted by Gasteiger charge is -2.25. The molecule has 0 amide bonds. The Morgan fingerprint density at radius 1 is 1.36 bits per heavy atom. The third-order valence-electron chi connectivity index (χ3n) is 1.55. The molecule has 1 rings (SSSR count). The summed E-state index contributed by atoms with van der Waals surface area (Å²) in [6.45, 7) is 7.64. The quantitative estimate of drug-likeness (QED) is 0.568. The van der Waals surface area contributed by atoms with Gasteiger partial charge in [-0.25, -0.2) is 0 Å². The minimum absolute atomic E-state index is 0.764. The van der Waals surface area contributed by atoms with Crippen LogP contribution in [0, 0.1) is 0 Å². The SMILES string of the molecule is C=O.NCCN1CCOCC1. The van der Waals surface area contributed by atoms with Gasteiger partial charge in [0, 0.05) is 26.2 Å². The number of ether oxygens (including phenoxy) is 1. The molecule has 0 aliphatic carbocycles. The van der Waals surface area contributed by atoms with Crippen LogP contribution < -0.4 is 5.73 Å². The Hall–Kier alpha value is -0.450. The summed E-state index contributed by atoms with van der Waals surface area (Å²) in [6.07, 6.45) is 0. The Balaban J connectivity index is 0.000000461. The van der Waals surface area contributed by atoms with E-state index in [1.807, 2.05) is 6.79 Å². The highest BCUT2D eigenvalue weighted by molar-refractivity contribution is 5.10. The zero-order chi connectivity index (χ0) is 8.53. The normalized spacial score (nSPS) is 18.6. The lowest BCUT2D eigenvalue weighted by molar-refractivity contribution is -0.0979. The number of hydrogen-bond acceptors (Lipinski definition) is 4. The van der Waals surface area contributed by atoms with Crippen LogP contribution in [0.25, 0.3) is 0 Å². The summed E-state index contributed by atoms with van der Waals surface area (Å²) in [6, 6.07) is 0. The third-order valence-corrected chi connectivity index (χ3v) is 1.55. The van der Waals surface area contributed by atoms with Gasteiger partial charge in [0.05, 0.1) is 13.2 Å². The van der Waals surface area contributed by atoms with Crippen molar-refractivity contribution in [3.8, 4) is 0 Å². The maximum Gasteiger partial charge on any atom is 0.106 e. The molecular formula is C7H16N2O2. The van der Waals surface area contributed by atoms with Gasteiger partial charge in [-0.1, -0.05) is 0 Å². The number of hydrogen-bond donors (Lipinski definition) is 1. The number of carbonyl (C=O) groups is 1. The molecule has 0 aromatic heterocycles. The predicted octanol–water partition coefficient (Wildman–Crippen LogP) is -0.908. The molecular weight excluding hydrogens is 144 g/mol. The van der Waals surface area contributed by atoms with Gasteiger partial charge in [0.2, 0.25) is 0 Å². The van der Waals surface area contributed by atoms with Gasteiger partial charge in [-0.05, 0) is 0 Å². The molecule has 66 valence electrons. The van der Waals surface area contributed by atoms with E-state index in [9.17, 15) is 0 Å². The molecule has 0 aromatic carbocycles. The van der Waals surface area contributed by atoms with Crippen molar-refractivity contribution in [3.05, 3.63) is 0 Å². The van der Waals surface area contributed by atoms with E-state index in [0.29, 0.717) is 0 Å². The molecule has 4 nitrogen and oxygen atoms in total. The van der Waals surface area contributed by atoms with E-state index in [4.69, 9.17) is 15.3 Å². The molecule has 0 bridgehead atoms. The van der Waals surface area contributed by atoms with E-state index in [1.54, 1.807) is 0 Å². The van der Waals surface area contributed by atoms with Crippen LogP contribution in [0.15, 0.2) is 0 Å². The smallest absolute Gasteiger partial charge is 0.106 e. The molecule has 4 heteroatoms. The van der Waals surface area contributed by atoms with Crippen molar-refractivity contribution in [2.75, 3.05) is 39.4 Å². The summed E-state index contributed by atoms with van der Waals surface area (Å²) >= 11 is 0. The van der Waals surface area contributed by atoms with Crippen molar-refractivity contribution >= 4 is 6.79 Å². The molecule has 0 unspecified atom stereocenters. The summed E-state index contributed by atoms with van der Waals surface area (Å²) in [5.41, 5.74) is 5.38. The zero-order valence-electron chi connectivity index (χ0n) is 6.79. The van der Waals surface area contributed by atoms with Gasteiger partial charge < -0.3 is 15.3 Å². The Labute approximate surface area is 67.3 Å². The molecule has 1 aliphatic rings. The monoisotopic (exact) mass is 160 g/mol. The van der Waals surface area contributed by atoms with Crippen molar-refractivity contribution < 1.29 is 9.53 Å². The average molecular weight is 160 g/mol. The second-order valence-corrected chi connectivity index (χ2v) is 2.24. The van der Waals surface area contributed by atoms with Crippen LogP contribution >= 0.6 is 0 Å². The minimum atomic E-state index is 0.764. The summed E-state index contributed by atoms with van der Waals surface area (Å²) in [7, 11) is 0. The first-order chi connectivity index (χ1) is 5.43. The maximum absolute atomic E-state index is 8.00. The molecule has 0 radical (unpaired) electrons. The molecule has 1 saturated heterocycles. The fourth-order valence-corrected chi connectivity index (χ4v) is 1.01. The van der Waals surface area contributed by atoms with Crippen molar-refractivity contribution in [2.45, 2.75) is 0 Å². The zero-order valence-corrected chi connectivity index (χ0v) is 6.79. The lowest BCUT2D eigenvalue weighted by atomic mass is 10.4. The summed E-state index contributed by atoms with van der Waals surface area (Å²) in [5, 5.41) is 0. The largest absolute Gasteiger partial charge is 0.379 e. The van der Waals surface area contributed by atoms with Gasteiger partial charge in [0.25, 0.3) is 0 Å². The third kappa shape index (κ3) is 4.89. The van der Waals surface area contributed by atoms with Crippen LogP contribution in [0.2, 0.25) is 0 Å². The average Bonchev–Trinajstić information content (AvgIpc) is 2.11. The summed E-state index contributed by atoms with van der Waals surface area (Å²) in [4.78, 5) is 10.3. The first kappa shape index (κ1) is 10.6. The van der Waals surface area contributed by atoms with Crippen LogP contribution in [0.4, 0.5) is 0 Å². The van der Waals surface area contributed by atoms with Gasteiger partial charge in [-0.15, -0.1) is 0 Å². The Bertz CT molecular complexity index is 81.8. The van der Waals surface area contributed by atoms with Crippen molar-refractivity contribution in [1.82, 2.24) is 4.90 Å². The second kappa shape index (κ2) is 7.65. The predicted molar refractivity (Wildman–Crippen MR) is 43.4 cm³/mol. The number of morpholine rings is 1. The van der Waals surface area contributed by atoms with Crippen LogP contribution in [0.5, 0.6) is 0 Å². The standard InChI is InChI=1S/C6H14N2O.CH2O/c7-1-2-8-3-5-9-6-4-8;1-2/h1-7H2;1H2. The van der Waals surface area contributed by atoms with Gasteiger partial charge in [-0.3, -0.25) is 4.90 Å². The molecule has 0 atom stereocenters. The molecule has 1 heterocycles. The van der Waals surface area contributed by atoms with Crippen molar-refractivity contribution in [2.24, 2.45) is 5.73 Å². The highest BCUT2D eigenvalue weighted by Crippen LogP contribution is 1.93. The summed E-state index contributed by atoms with van der Waals surface area (Å²) < 4.78 is 5.16. The number of carbonyl (C=O) groups excluding carboxylic acids is 1. The molecule has 1 fully saturated rings. The van der Waals surface area contributed by atoms with Crippen molar-refractivity contribution in [1.29, 1.82) is 0 Å².